The zero-order valence-electron chi connectivity index (χ0n) is 11.5. The number of rotatable bonds is 4. The van der Waals surface area contributed by atoms with Crippen LogP contribution in [-0.4, -0.2) is 16.9 Å². The molecule has 0 heterocycles. The fraction of sp³-hybridized carbons (Fsp3) is 0.125. The van der Waals surface area contributed by atoms with Gasteiger partial charge in [0, 0.05) is 17.5 Å². The van der Waals surface area contributed by atoms with E-state index in [4.69, 9.17) is 16.4 Å². The van der Waals surface area contributed by atoms with Crippen molar-refractivity contribution < 1.29 is 14.4 Å². The van der Waals surface area contributed by atoms with Crippen molar-refractivity contribution in [3.63, 3.8) is 0 Å². The average Bonchev–Trinajstić information content (AvgIpc) is 2.49. The summed E-state index contributed by atoms with van der Waals surface area (Å²) in [6.07, 6.45) is 0. The lowest BCUT2D eigenvalue weighted by Crippen LogP contribution is -2.35. The molecule has 0 N–H and O–H groups in total. The summed E-state index contributed by atoms with van der Waals surface area (Å²) in [7, 11) is 0. The maximum Gasteiger partial charge on any atom is 0.284 e. The van der Waals surface area contributed by atoms with Crippen molar-refractivity contribution >= 4 is 23.4 Å². The lowest BCUT2D eigenvalue weighted by molar-refractivity contribution is -0.171. The van der Waals surface area contributed by atoms with Crippen molar-refractivity contribution in [2.45, 2.75) is 13.5 Å². The third kappa shape index (κ3) is 4.15. The van der Waals surface area contributed by atoms with Crippen LogP contribution in [0.1, 0.15) is 22.8 Å². The molecule has 0 spiro atoms. The summed E-state index contributed by atoms with van der Waals surface area (Å²) in [6, 6.07) is 15.5. The molecular formula is C16H14ClNO3. The third-order valence-corrected chi connectivity index (χ3v) is 3.02. The number of halogens is 1. The molecule has 108 valence electrons. The third-order valence-electron chi connectivity index (χ3n) is 2.76. The van der Waals surface area contributed by atoms with Gasteiger partial charge in [-0.3, -0.25) is 14.4 Å². The van der Waals surface area contributed by atoms with Crippen LogP contribution in [0, 0.1) is 0 Å². The van der Waals surface area contributed by atoms with Gasteiger partial charge in [0.05, 0.1) is 0 Å². The molecule has 21 heavy (non-hydrogen) atoms. The Morgan fingerprint density at radius 2 is 1.67 bits per heavy atom. The molecule has 0 unspecified atom stereocenters. The van der Waals surface area contributed by atoms with Crippen LogP contribution in [0.15, 0.2) is 54.6 Å². The molecule has 0 aliphatic carbocycles. The number of imide groups is 1. The SMILES string of the molecule is CC(=O)N(OCc1ccc(Cl)cc1)C(=O)c1ccccc1. The zero-order valence-corrected chi connectivity index (χ0v) is 12.2. The van der Waals surface area contributed by atoms with E-state index in [2.05, 4.69) is 0 Å². The van der Waals surface area contributed by atoms with Crippen LogP contribution in [0.25, 0.3) is 0 Å². The van der Waals surface area contributed by atoms with Crippen LogP contribution in [0.3, 0.4) is 0 Å². The minimum Gasteiger partial charge on any atom is -0.272 e. The Balaban J connectivity index is 2.07. The van der Waals surface area contributed by atoms with Crippen molar-refractivity contribution in [1.29, 1.82) is 0 Å². The number of hydrogen-bond acceptors (Lipinski definition) is 3. The Morgan fingerprint density at radius 1 is 1.05 bits per heavy atom. The van der Waals surface area contributed by atoms with E-state index >= 15 is 0 Å². The van der Waals surface area contributed by atoms with Gasteiger partial charge in [-0.05, 0) is 29.8 Å². The highest BCUT2D eigenvalue weighted by Crippen LogP contribution is 2.12. The Morgan fingerprint density at radius 3 is 2.24 bits per heavy atom. The molecule has 0 radical (unpaired) electrons. The molecule has 0 saturated carbocycles. The fourth-order valence-corrected chi connectivity index (χ4v) is 1.84. The number of nitrogens with zero attached hydrogens (tertiary/aromatic N) is 1. The van der Waals surface area contributed by atoms with E-state index in [0.717, 1.165) is 10.6 Å². The van der Waals surface area contributed by atoms with Crippen molar-refractivity contribution in [3.05, 3.63) is 70.7 Å². The molecule has 2 amide bonds. The second kappa shape index (κ2) is 7.02. The minimum absolute atomic E-state index is 0.106. The first-order valence-corrected chi connectivity index (χ1v) is 6.73. The largest absolute Gasteiger partial charge is 0.284 e. The lowest BCUT2D eigenvalue weighted by atomic mass is 10.2. The highest BCUT2D eigenvalue weighted by Gasteiger charge is 2.20. The van der Waals surface area contributed by atoms with Gasteiger partial charge in [0.15, 0.2) is 0 Å². The second-order valence-electron chi connectivity index (χ2n) is 4.38. The van der Waals surface area contributed by atoms with E-state index in [1.807, 2.05) is 0 Å². The van der Waals surface area contributed by atoms with E-state index in [9.17, 15) is 9.59 Å². The summed E-state index contributed by atoms with van der Waals surface area (Å²) < 4.78 is 0. The van der Waals surface area contributed by atoms with Crippen molar-refractivity contribution in [3.8, 4) is 0 Å². The lowest BCUT2D eigenvalue weighted by Gasteiger charge is -2.18. The molecule has 0 aromatic heterocycles. The molecule has 0 saturated heterocycles. The molecule has 0 aliphatic rings. The van der Waals surface area contributed by atoms with Gasteiger partial charge in [-0.15, -0.1) is 5.06 Å². The number of hydrogen-bond donors (Lipinski definition) is 0. The van der Waals surface area contributed by atoms with E-state index in [1.54, 1.807) is 54.6 Å². The van der Waals surface area contributed by atoms with Gasteiger partial charge in [-0.2, -0.15) is 0 Å². The first-order valence-electron chi connectivity index (χ1n) is 6.35. The molecule has 0 atom stereocenters. The summed E-state index contributed by atoms with van der Waals surface area (Å²) >= 11 is 5.80. The molecule has 2 aromatic rings. The fourth-order valence-electron chi connectivity index (χ4n) is 1.71. The Kier molecular flexibility index (Phi) is 5.09. The van der Waals surface area contributed by atoms with Crippen LogP contribution in [0.4, 0.5) is 0 Å². The molecule has 4 nitrogen and oxygen atoms in total. The quantitative estimate of drug-likeness (QED) is 0.813. The smallest absolute Gasteiger partial charge is 0.272 e. The normalized spacial score (nSPS) is 10.2. The highest BCUT2D eigenvalue weighted by atomic mass is 35.5. The van der Waals surface area contributed by atoms with E-state index < -0.39 is 11.8 Å². The zero-order chi connectivity index (χ0) is 15.2. The topological polar surface area (TPSA) is 46.6 Å². The number of carbonyl (C=O) groups excluding carboxylic acids is 2. The number of amides is 2. The second-order valence-corrected chi connectivity index (χ2v) is 4.82. The Labute approximate surface area is 127 Å². The number of carbonyl (C=O) groups is 2. The van der Waals surface area contributed by atoms with Gasteiger partial charge >= 0.3 is 0 Å². The summed E-state index contributed by atoms with van der Waals surface area (Å²) in [5.41, 5.74) is 1.20. The highest BCUT2D eigenvalue weighted by molar-refractivity contribution is 6.30. The van der Waals surface area contributed by atoms with Gasteiger partial charge in [0.1, 0.15) is 6.61 Å². The van der Waals surface area contributed by atoms with Crippen LogP contribution in [0.2, 0.25) is 5.02 Å². The Hall–Kier alpha value is -2.17. The van der Waals surface area contributed by atoms with Crippen LogP contribution < -0.4 is 0 Å². The van der Waals surface area contributed by atoms with Crippen LogP contribution in [0.5, 0.6) is 0 Å². The van der Waals surface area contributed by atoms with Crippen LogP contribution >= 0.6 is 11.6 Å². The van der Waals surface area contributed by atoms with E-state index in [-0.39, 0.29) is 6.61 Å². The maximum absolute atomic E-state index is 12.2. The molecule has 2 aromatic carbocycles. The molecule has 2 rings (SSSR count). The van der Waals surface area contributed by atoms with Gasteiger partial charge in [0.2, 0.25) is 0 Å². The summed E-state index contributed by atoms with van der Waals surface area (Å²) in [4.78, 5) is 29.2. The molecule has 0 bridgehead atoms. The summed E-state index contributed by atoms with van der Waals surface area (Å²) in [5.74, 6) is -0.963. The molecule has 5 heteroatoms. The predicted octanol–water partition coefficient (Wildman–Crippen LogP) is 3.46. The number of benzene rings is 2. The van der Waals surface area contributed by atoms with E-state index in [1.165, 1.54) is 6.92 Å². The first-order chi connectivity index (χ1) is 10.1. The summed E-state index contributed by atoms with van der Waals surface area (Å²) in [5, 5.41) is 1.38. The standard InChI is InChI=1S/C16H14ClNO3/c1-12(19)18(16(20)14-5-3-2-4-6-14)21-11-13-7-9-15(17)10-8-13/h2-10H,11H2,1H3. The molecule has 0 fully saturated rings. The minimum atomic E-state index is -0.489. The average molecular weight is 304 g/mol. The first kappa shape index (κ1) is 15.2. The van der Waals surface area contributed by atoms with Crippen molar-refractivity contribution in [2.24, 2.45) is 0 Å². The molecular weight excluding hydrogens is 290 g/mol. The van der Waals surface area contributed by atoms with Gasteiger partial charge < -0.3 is 0 Å². The number of hydroxylamine groups is 2. The van der Waals surface area contributed by atoms with Crippen LogP contribution in [-0.2, 0) is 16.2 Å². The molecule has 0 aliphatic heterocycles. The Bertz CT molecular complexity index is 626. The van der Waals surface area contributed by atoms with Gasteiger partial charge in [-0.25, -0.2) is 0 Å². The van der Waals surface area contributed by atoms with Crippen molar-refractivity contribution in [2.75, 3.05) is 0 Å². The predicted molar refractivity (Wildman–Crippen MR) is 79.5 cm³/mol. The van der Waals surface area contributed by atoms with E-state index in [0.29, 0.717) is 10.6 Å². The maximum atomic E-state index is 12.2. The van der Waals surface area contributed by atoms with Crippen molar-refractivity contribution in [1.82, 2.24) is 5.06 Å². The van der Waals surface area contributed by atoms with Gasteiger partial charge in [0.25, 0.3) is 11.8 Å². The monoisotopic (exact) mass is 303 g/mol. The van der Waals surface area contributed by atoms with Gasteiger partial charge in [-0.1, -0.05) is 41.9 Å². The summed E-state index contributed by atoms with van der Waals surface area (Å²) in [6.45, 7) is 1.39.